The van der Waals surface area contributed by atoms with Crippen LogP contribution in [0.4, 0.5) is 0 Å². The van der Waals surface area contributed by atoms with Gasteiger partial charge in [-0.15, -0.1) is 0 Å². The third-order valence-electron chi connectivity index (χ3n) is 3.58. The Bertz CT molecular complexity index is 1100. The summed E-state index contributed by atoms with van der Waals surface area (Å²) in [6, 6.07) is 15.4. The Labute approximate surface area is 139 Å². The topological polar surface area (TPSA) is 63.0 Å². The van der Waals surface area contributed by atoms with Crippen LogP contribution in [-0.4, -0.2) is 20.9 Å². The molecule has 0 unspecified atom stereocenters. The van der Waals surface area contributed by atoms with Gasteiger partial charge in [0.05, 0.1) is 6.21 Å². The van der Waals surface area contributed by atoms with Gasteiger partial charge in [-0.05, 0) is 23.8 Å². The Balaban J connectivity index is 1.86. The minimum atomic E-state index is -0.227. The van der Waals surface area contributed by atoms with E-state index in [2.05, 4.69) is 31.0 Å². The molecule has 0 radical (unpaired) electrons. The zero-order chi connectivity index (χ0) is 15.8. The van der Waals surface area contributed by atoms with Crippen LogP contribution >= 0.6 is 15.9 Å². The van der Waals surface area contributed by atoms with Gasteiger partial charge in [0.25, 0.3) is 5.56 Å². The molecule has 4 rings (SSSR count). The van der Waals surface area contributed by atoms with Crippen LogP contribution < -0.4 is 5.56 Å². The molecule has 0 aliphatic rings. The van der Waals surface area contributed by atoms with Gasteiger partial charge in [-0.2, -0.15) is 9.78 Å². The summed E-state index contributed by atoms with van der Waals surface area (Å²) in [5, 5.41) is 5.12. The molecular formula is C17H11BrN4O. The number of fused-ring (bicyclic) bond motifs is 3. The van der Waals surface area contributed by atoms with Crippen molar-refractivity contribution in [2.24, 2.45) is 5.10 Å². The standard InChI is InChI=1S/C17H11BrN4O/c18-12-6-7-13-14(8-12)21-16-15(13)19-10-22(17(16)23)20-9-11-4-2-1-3-5-11/h1-10,21H. The monoisotopic (exact) mass is 366 g/mol. The number of benzene rings is 2. The van der Waals surface area contributed by atoms with E-state index in [1.54, 1.807) is 6.21 Å². The number of H-pyrrole nitrogens is 1. The summed E-state index contributed by atoms with van der Waals surface area (Å²) >= 11 is 3.43. The minimum Gasteiger partial charge on any atom is -0.349 e. The first-order chi connectivity index (χ1) is 11.2. The van der Waals surface area contributed by atoms with E-state index in [9.17, 15) is 4.79 Å². The summed E-state index contributed by atoms with van der Waals surface area (Å²) in [7, 11) is 0. The number of hydrogen-bond donors (Lipinski definition) is 1. The van der Waals surface area contributed by atoms with Crippen molar-refractivity contribution in [2.75, 3.05) is 0 Å². The highest BCUT2D eigenvalue weighted by Gasteiger charge is 2.10. The zero-order valence-electron chi connectivity index (χ0n) is 11.9. The summed E-state index contributed by atoms with van der Waals surface area (Å²) in [5.41, 5.74) is 2.66. The maximum atomic E-state index is 12.6. The van der Waals surface area contributed by atoms with Crippen LogP contribution in [0.15, 0.2) is 69.2 Å². The molecule has 0 fully saturated rings. The van der Waals surface area contributed by atoms with Crippen molar-refractivity contribution in [1.82, 2.24) is 14.6 Å². The summed E-state index contributed by atoms with van der Waals surface area (Å²) in [6.07, 6.45) is 3.08. The quantitative estimate of drug-likeness (QED) is 0.551. The first-order valence-electron chi connectivity index (χ1n) is 7.00. The summed E-state index contributed by atoms with van der Waals surface area (Å²) in [4.78, 5) is 20.1. The van der Waals surface area contributed by atoms with E-state index in [1.165, 1.54) is 11.0 Å². The van der Waals surface area contributed by atoms with Gasteiger partial charge in [0.15, 0.2) is 0 Å². The first-order valence-corrected chi connectivity index (χ1v) is 7.80. The van der Waals surface area contributed by atoms with Crippen LogP contribution in [0, 0.1) is 0 Å². The van der Waals surface area contributed by atoms with E-state index in [1.807, 2.05) is 48.5 Å². The number of halogens is 1. The van der Waals surface area contributed by atoms with Crippen LogP contribution in [0.5, 0.6) is 0 Å². The van der Waals surface area contributed by atoms with Gasteiger partial charge in [0, 0.05) is 15.4 Å². The molecule has 2 heterocycles. The predicted molar refractivity (Wildman–Crippen MR) is 95.0 cm³/mol. The third kappa shape index (κ3) is 2.47. The molecule has 23 heavy (non-hydrogen) atoms. The average molecular weight is 367 g/mol. The normalized spacial score (nSPS) is 11.7. The maximum Gasteiger partial charge on any atom is 0.298 e. The lowest BCUT2D eigenvalue weighted by Crippen LogP contribution is -2.17. The van der Waals surface area contributed by atoms with Gasteiger partial charge in [0.2, 0.25) is 0 Å². The summed E-state index contributed by atoms with van der Waals surface area (Å²) in [5.74, 6) is 0. The van der Waals surface area contributed by atoms with Gasteiger partial charge < -0.3 is 4.98 Å². The molecule has 5 nitrogen and oxygen atoms in total. The summed E-state index contributed by atoms with van der Waals surface area (Å²) < 4.78 is 2.18. The van der Waals surface area contributed by atoms with Crippen LogP contribution in [0.25, 0.3) is 21.9 Å². The minimum absolute atomic E-state index is 0.227. The van der Waals surface area contributed by atoms with Crippen molar-refractivity contribution in [1.29, 1.82) is 0 Å². The molecule has 112 valence electrons. The number of rotatable bonds is 2. The number of nitrogens with one attached hydrogen (secondary N) is 1. The van der Waals surface area contributed by atoms with Gasteiger partial charge in [-0.3, -0.25) is 4.79 Å². The first kappa shape index (κ1) is 13.9. The van der Waals surface area contributed by atoms with Gasteiger partial charge in [-0.25, -0.2) is 4.98 Å². The zero-order valence-corrected chi connectivity index (χ0v) is 13.5. The second-order valence-electron chi connectivity index (χ2n) is 5.09. The van der Waals surface area contributed by atoms with E-state index in [0.29, 0.717) is 11.0 Å². The third-order valence-corrected chi connectivity index (χ3v) is 4.08. The van der Waals surface area contributed by atoms with Crippen LogP contribution in [-0.2, 0) is 0 Å². The predicted octanol–water partition coefficient (Wildman–Crippen LogP) is 3.52. The highest BCUT2D eigenvalue weighted by Crippen LogP contribution is 2.24. The van der Waals surface area contributed by atoms with Crippen LogP contribution in [0.3, 0.4) is 0 Å². The Morgan fingerprint density at radius 2 is 2.00 bits per heavy atom. The van der Waals surface area contributed by atoms with E-state index < -0.39 is 0 Å². The lowest BCUT2D eigenvalue weighted by atomic mass is 10.2. The number of nitrogens with zero attached hydrogens (tertiary/aromatic N) is 3. The fraction of sp³-hybridized carbons (Fsp3) is 0. The number of hydrogen-bond acceptors (Lipinski definition) is 3. The molecule has 0 aliphatic carbocycles. The summed E-state index contributed by atoms with van der Waals surface area (Å²) in [6.45, 7) is 0. The van der Waals surface area contributed by atoms with Gasteiger partial charge >= 0.3 is 0 Å². The fourth-order valence-electron chi connectivity index (χ4n) is 2.47. The van der Waals surface area contributed by atoms with Crippen molar-refractivity contribution >= 4 is 44.1 Å². The lowest BCUT2D eigenvalue weighted by Gasteiger charge is -1.97. The van der Waals surface area contributed by atoms with Gasteiger partial charge in [-0.1, -0.05) is 46.3 Å². The van der Waals surface area contributed by atoms with Crippen molar-refractivity contribution in [3.8, 4) is 0 Å². The van der Waals surface area contributed by atoms with E-state index >= 15 is 0 Å². The molecule has 0 atom stereocenters. The number of aromatic amines is 1. The maximum absolute atomic E-state index is 12.6. The Morgan fingerprint density at radius 3 is 2.83 bits per heavy atom. The molecule has 0 aliphatic heterocycles. The molecule has 2 aromatic carbocycles. The Kier molecular flexibility index (Phi) is 3.31. The lowest BCUT2D eigenvalue weighted by molar-refractivity contribution is 0.815. The average Bonchev–Trinajstić information content (AvgIpc) is 2.93. The van der Waals surface area contributed by atoms with Crippen LogP contribution in [0.2, 0.25) is 0 Å². The molecule has 0 bridgehead atoms. The second-order valence-corrected chi connectivity index (χ2v) is 6.00. The highest BCUT2D eigenvalue weighted by atomic mass is 79.9. The van der Waals surface area contributed by atoms with E-state index in [4.69, 9.17) is 0 Å². The van der Waals surface area contributed by atoms with Crippen molar-refractivity contribution in [3.05, 3.63) is 75.2 Å². The van der Waals surface area contributed by atoms with Crippen molar-refractivity contribution in [2.45, 2.75) is 0 Å². The van der Waals surface area contributed by atoms with E-state index in [0.717, 1.165) is 20.9 Å². The van der Waals surface area contributed by atoms with Crippen molar-refractivity contribution < 1.29 is 0 Å². The molecule has 2 aromatic heterocycles. The molecule has 4 aromatic rings. The largest absolute Gasteiger partial charge is 0.349 e. The molecule has 0 saturated carbocycles. The number of aromatic nitrogens is 3. The highest BCUT2D eigenvalue weighted by molar-refractivity contribution is 9.10. The SMILES string of the molecule is O=c1c2[nH]c3cc(Br)ccc3c2ncn1N=Cc1ccccc1. The second kappa shape index (κ2) is 5.48. The van der Waals surface area contributed by atoms with Gasteiger partial charge in [0.1, 0.15) is 17.4 Å². The smallest absolute Gasteiger partial charge is 0.298 e. The molecule has 6 heteroatoms. The molecule has 1 N–H and O–H groups in total. The Hall–Kier alpha value is -2.73. The Morgan fingerprint density at radius 1 is 1.17 bits per heavy atom. The fourth-order valence-corrected chi connectivity index (χ4v) is 2.83. The van der Waals surface area contributed by atoms with Crippen molar-refractivity contribution in [3.63, 3.8) is 0 Å². The van der Waals surface area contributed by atoms with E-state index in [-0.39, 0.29) is 5.56 Å². The molecular weight excluding hydrogens is 356 g/mol. The molecule has 0 amide bonds. The van der Waals surface area contributed by atoms with Crippen LogP contribution in [0.1, 0.15) is 5.56 Å². The molecule has 0 saturated heterocycles. The molecule has 0 spiro atoms.